The second-order valence-electron chi connectivity index (χ2n) is 5.00. The van der Waals surface area contributed by atoms with E-state index < -0.39 is 0 Å². The van der Waals surface area contributed by atoms with Crippen LogP contribution in [0.5, 0.6) is 0 Å². The maximum Gasteiger partial charge on any atom is 0.0523 e. The average molecular weight is 167 g/mol. The molecular formula is C11H21N. The molecule has 1 aliphatic rings. The highest BCUT2D eigenvalue weighted by Gasteiger charge is 2.20. The minimum absolute atomic E-state index is 0.119. The van der Waals surface area contributed by atoms with Crippen molar-refractivity contribution in [1.82, 2.24) is 0 Å². The van der Waals surface area contributed by atoms with Gasteiger partial charge in [0.2, 0.25) is 0 Å². The minimum Gasteiger partial charge on any atom is -0.289 e. The van der Waals surface area contributed by atoms with Crippen LogP contribution < -0.4 is 0 Å². The SMILES string of the molecule is CC(CCC1CC1)=NC(C)(C)C. The molecule has 0 amide bonds. The summed E-state index contributed by atoms with van der Waals surface area (Å²) in [6.07, 6.45) is 5.50. The summed E-state index contributed by atoms with van der Waals surface area (Å²) in [7, 11) is 0. The number of rotatable bonds is 3. The molecular weight excluding hydrogens is 146 g/mol. The van der Waals surface area contributed by atoms with E-state index in [1.54, 1.807) is 0 Å². The molecule has 0 radical (unpaired) electrons. The monoisotopic (exact) mass is 167 g/mol. The third-order valence-electron chi connectivity index (χ3n) is 2.14. The highest BCUT2D eigenvalue weighted by molar-refractivity contribution is 5.82. The molecule has 1 rings (SSSR count). The summed E-state index contributed by atoms with van der Waals surface area (Å²) in [5.41, 5.74) is 1.45. The molecule has 1 heteroatoms. The maximum atomic E-state index is 4.63. The van der Waals surface area contributed by atoms with Gasteiger partial charge in [-0.3, -0.25) is 4.99 Å². The van der Waals surface area contributed by atoms with Gasteiger partial charge in [-0.05, 0) is 46.5 Å². The van der Waals surface area contributed by atoms with Crippen molar-refractivity contribution in [3.63, 3.8) is 0 Å². The number of aliphatic imine (C=N–C) groups is 1. The van der Waals surface area contributed by atoms with E-state index in [4.69, 9.17) is 0 Å². The summed E-state index contributed by atoms with van der Waals surface area (Å²) >= 11 is 0. The predicted molar refractivity (Wildman–Crippen MR) is 54.8 cm³/mol. The van der Waals surface area contributed by atoms with Gasteiger partial charge < -0.3 is 0 Å². The fourth-order valence-electron chi connectivity index (χ4n) is 1.45. The zero-order valence-corrected chi connectivity index (χ0v) is 8.85. The lowest BCUT2D eigenvalue weighted by atomic mass is 10.1. The van der Waals surface area contributed by atoms with Crippen molar-refractivity contribution >= 4 is 5.71 Å². The maximum absolute atomic E-state index is 4.63. The minimum atomic E-state index is 0.119. The van der Waals surface area contributed by atoms with E-state index in [9.17, 15) is 0 Å². The van der Waals surface area contributed by atoms with Gasteiger partial charge in [0.05, 0.1) is 5.54 Å². The lowest BCUT2D eigenvalue weighted by Gasteiger charge is -2.13. The van der Waals surface area contributed by atoms with Crippen LogP contribution in [0.3, 0.4) is 0 Å². The van der Waals surface area contributed by atoms with E-state index >= 15 is 0 Å². The van der Waals surface area contributed by atoms with Crippen molar-refractivity contribution in [2.24, 2.45) is 10.9 Å². The van der Waals surface area contributed by atoms with Crippen molar-refractivity contribution in [3.05, 3.63) is 0 Å². The third-order valence-corrected chi connectivity index (χ3v) is 2.14. The van der Waals surface area contributed by atoms with Crippen LogP contribution in [0.1, 0.15) is 53.4 Å². The highest BCUT2D eigenvalue weighted by atomic mass is 14.8. The van der Waals surface area contributed by atoms with Crippen LogP contribution in [-0.2, 0) is 0 Å². The molecule has 12 heavy (non-hydrogen) atoms. The Kier molecular flexibility index (Phi) is 2.92. The molecule has 0 unspecified atom stereocenters. The first-order chi connectivity index (χ1) is 5.47. The van der Waals surface area contributed by atoms with E-state index in [0.29, 0.717) is 0 Å². The van der Waals surface area contributed by atoms with Crippen LogP contribution in [0.4, 0.5) is 0 Å². The summed E-state index contributed by atoms with van der Waals surface area (Å²) in [4.78, 5) is 4.63. The Morgan fingerprint density at radius 1 is 1.33 bits per heavy atom. The molecule has 1 saturated carbocycles. The molecule has 1 nitrogen and oxygen atoms in total. The van der Waals surface area contributed by atoms with E-state index in [2.05, 4.69) is 32.7 Å². The second kappa shape index (κ2) is 3.59. The van der Waals surface area contributed by atoms with Gasteiger partial charge in [0.25, 0.3) is 0 Å². The van der Waals surface area contributed by atoms with E-state index in [1.807, 2.05) is 0 Å². The first kappa shape index (κ1) is 9.76. The third kappa shape index (κ3) is 4.53. The van der Waals surface area contributed by atoms with Crippen LogP contribution in [-0.4, -0.2) is 11.3 Å². The van der Waals surface area contributed by atoms with Gasteiger partial charge in [-0.15, -0.1) is 0 Å². The summed E-state index contributed by atoms with van der Waals surface area (Å²) in [5, 5.41) is 0. The Bertz CT molecular complexity index is 170. The van der Waals surface area contributed by atoms with Gasteiger partial charge in [0, 0.05) is 5.71 Å². The van der Waals surface area contributed by atoms with Gasteiger partial charge in [-0.25, -0.2) is 0 Å². The molecule has 1 fully saturated rings. The number of hydrogen-bond acceptors (Lipinski definition) is 1. The molecule has 0 bridgehead atoms. The van der Waals surface area contributed by atoms with Gasteiger partial charge in [-0.1, -0.05) is 12.8 Å². The number of nitrogens with zero attached hydrogens (tertiary/aromatic N) is 1. The van der Waals surface area contributed by atoms with Crippen LogP contribution in [0, 0.1) is 5.92 Å². The average Bonchev–Trinajstić information content (AvgIpc) is 2.61. The normalized spacial score (nSPS) is 19.8. The Labute approximate surface area is 76.3 Å². The quantitative estimate of drug-likeness (QED) is 0.571. The molecule has 1 aliphatic carbocycles. The van der Waals surface area contributed by atoms with Crippen molar-refractivity contribution < 1.29 is 0 Å². The molecule has 0 aliphatic heterocycles. The lowest BCUT2D eigenvalue weighted by Crippen LogP contribution is -2.12. The fourth-order valence-corrected chi connectivity index (χ4v) is 1.45. The Balaban J connectivity index is 2.25. The molecule has 70 valence electrons. The van der Waals surface area contributed by atoms with Gasteiger partial charge in [0.1, 0.15) is 0 Å². The second-order valence-corrected chi connectivity index (χ2v) is 5.00. The van der Waals surface area contributed by atoms with Crippen LogP contribution in [0.15, 0.2) is 4.99 Å². The number of hydrogen-bond donors (Lipinski definition) is 0. The first-order valence-corrected chi connectivity index (χ1v) is 5.03. The topological polar surface area (TPSA) is 12.4 Å². The summed E-state index contributed by atoms with van der Waals surface area (Å²) < 4.78 is 0. The van der Waals surface area contributed by atoms with Crippen molar-refractivity contribution in [1.29, 1.82) is 0 Å². The first-order valence-electron chi connectivity index (χ1n) is 5.03. The molecule has 0 aromatic carbocycles. The van der Waals surface area contributed by atoms with Crippen molar-refractivity contribution in [2.45, 2.75) is 58.9 Å². The summed E-state index contributed by atoms with van der Waals surface area (Å²) in [5.74, 6) is 1.04. The zero-order valence-electron chi connectivity index (χ0n) is 8.85. The highest BCUT2D eigenvalue weighted by Crippen LogP contribution is 2.33. The molecule has 0 spiro atoms. The van der Waals surface area contributed by atoms with Crippen LogP contribution in [0.2, 0.25) is 0 Å². The van der Waals surface area contributed by atoms with Gasteiger partial charge >= 0.3 is 0 Å². The van der Waals surface area contributed by atoms with Crippen LogP contribution >= 0.6 is 0 Å². The predicted octanol–water partition coefficient (Wildman–Crippen LogP) is 3.44. The Morgan fingerprint density at radius 2 is 1.92 bits per heavy atom. The molecule has 0 aromatic heterocycles. The van der Waals surface area contributed by atoms with Gasteiger partial charge in [-0.2, -0.15) is 0 Å². The summed E-state index contributed by atoms with van der Waals surface area (Å²) in [6, 6.07) is 0. The molecule has 0 saturated heterocycles. The van der Waals surface area contributed by atoms with E-state index in [1.165, 1.54) is 31.4 Å². The van der Waals surface area contributed by atoms with Crippen LogP contribution in [0.25, 0.3) is 0 Å². The molecule has 0 heterocycles. The Morgan fingerprint density at radius 3 is 2.33 bits per heavy atom. The van der Waals surface area contributed by atoms with Crippen molar-refractivity contribution in [3.8, 4) is 0 Å². The van der Waals surface area contributed by atoms with Crippen molar-refractivity contribution in [2.75, 3.05) is 0 Å². The largest absolute Gasteiger partial charge is 0.289 e. The lowest BCUT2D eigenvalue weighted by molar-refractivity contribution is 0.579. The smallest absolute Gasteiger partial charge is 0.0523 e. The molecule has 0 N–H and O–H groups in total. The van der Waals surface area contributed by atoms with E-state index in [-0.39, 0.29) is 5.54 Å². The Hall–Kier alpha value is -0.330. The zero-order chi connectivity index (χ0) is 9.19. The fraction of sp³-hybridized carbons (Fsp3) is 0.909. The molecule has 0 atom stereocenters. The molecule has 0 aromatic rings. The van der Waals surface area contributed by atoms with E-state index in [0.717, 1.165) is 5.92 Å². The van der Waals surface area contributed by atoms with Gasteiger partial charge in [0.15, 0.2) is 0 Å². The summed E-state index contributed by atoms with van der Waals surface area (Å²) in [6.45, 7) is 8.64. The standard InChI is InChI=1S/C11H21N/c1-9(12-11(2,3)4)5-6-10-7-8-10/h10H,5-8H2,1-4H3.